The molecule has 16 nitrogen and oxygen atoms in total. The van der Waals surface area contributed by atoms with Crippen LogP contribution in [-0.4, -0.2) is 92.4 Å². The van der Waals surface area contributed by atoms with Crippen LogP contribution in [0.15, 0.2) is 111 Å². The maximum Gasteiger partial charge on any atom is 0.260 e. The van der Waals surface area contributed by atoms with E-state index < -0.39 is 44.7 Å². The van der Waals surface area contributed by atoms with Crippen molar-refractivity contribution in [3.05, 3.63) is 143 Å². The van der Waals surface area contributed by atoms with E-state index in [1.807, 2.05) is 53.1 Å². The average Bonchev–Trinajstić information content (AvgIpc) is 4.10. The summed E-state index contributed by atoms with van der Waals surface area (Å²) in [6, 6.07) is 23.3. The number of aromatic nitrogens is 4. The second kappa shape index (κ2) is 19.9. The van der Waals surface area contributed by atoms with Gasteiger partial charge in [0.25, 0.3) is 21.8 Å². The summed E-state index contributed by atoms with van der Waals surface area (Å²) in [6.07, 6.45) is 5.93. The molecule has 1 unspecified atom stereocenters. The van der Waals surface area contributed by atoms with Crippen LogP contribution in [0.3, 0.4) is 0 Å². The first-order valence-electron chi connectivity index (χ1n) is 23.1. The molecule has 10 rings (SSSR count). The third-order valence-electron chi connectivity index (χ3n) is 14.0. The monoisotopic (exact) mass is 1210 g/mol. The first kappa shape index (κ1) is 51.4. The van der Waals surface area contributed by atoms with E-state index in [-0.39, 0.29) is 84.0 Å². The zero-order chi connectivity index (χ0) is 51.7. The Bertz CT molecular complexity index is 3310. The summed E-state index contributed by atoms with van der Waals surface area (Å²) >= 11 is 34.1. The minimum Gasteiger partial charge on any atom is -0.340 e. The Kier molecular flexibility index (Phi) is 14.0. The zero-order valence-electron chi connectivity index (χ0n) is 38.7. The van der Waals surface area contributed by atoms with Gasteiger partial charge in [0.05, 0.1) is 23.5 Å². The highest BCUT2D eigenvalue weighted by atomic mass is 79.9. The smallest absolute Gasteiger partial charge is 0.260 e. The molecule has 4 aromatic carbocycles. The van der Waals surface area contributed by atoms with Gasteiger partial charge in [-0.3, -0.25) is 33.9 Å². The SMILES string of the molecule is C[C@@]1(Cc2ccc(Br)cc2)C(=O)N(c2cc(Cl)c(CCCC3(Cc4ccc(Br)cc4)C(=O)N(c4cc(Cl)cc(Cl)c4)c4nccn43)c(Cl)c2)c2ncc(S(=O)(=O)N3CCN(C(=O)C4CC(=O)NC(=O)C4)CC3)n21. The number of amides is 5. The Labute approximate surface area is 456 Å². The van der Waals surface area contributed by atoms with E-state index in [0.717, 1.165) is 20.1 Å². The second-order valence-corrected chi connectivity index (χ2v) is 24.1. The first-order chi connectivity index (χ1) is 34.8. The highest BCUT2D eigenvalue weighted by Gasteiger charge is 2.54. The number of piperazine rings is 1. The number of nitrogens with zero attached hydrogens (tertiary/aromatic N) is 8. The van der Waals surface area contributed by atoms with Crippen molar-refractivity contribution in [1.82, 2.24) is 33.6 Å². The molecule has 378 valence electrons. The minimum atomic E-state index is -4.35. The third-order valence-corrected chi connectivity index (χ3v) is 18.0. The van der Waals surface area contributed by atoms with Crippen molar-refractivity contribution < 1.29 is 32.4 Å². The number of carbonyl (C=O) groups excluding carboxylic acids is 5. The normalized spacial score (nSPS) is 20.5. The number of hydrogen-bond acceptors (Lipinski definition) is 9. The average molecular weight is 1220 g/mol. The maximum atomic E-state index is 15.1. The van der Waals surface area contributed by atoms with Gasteiger partial charge in [0.15, 0.2) is 5.03 Å². The Morgan fingerprint density at radius 3 is 1.90 bits per heavy atom. The van der Waals surface area contributed by atoms with Gasteiger partial charge in [-0.2, -0.15) is 4.31 Å². The van der Waals surface area contributed by atoms with Gasteiger partial charge < -0.3 is 9.47 Å². The lowest BCUT2D eigenvalue weighted by Crippen LogP contribution is -2.54. The summed E-state index contributed by atoms with van der Waals surface area (Å²) in [5, 5.41) is 3.19. The molecule has 2 saturated heterocycles. The maximum absolute atomic E-state index is 15.1. The van der Waals surface area contributed by atoms with E-state index in [2.05, 4.69) is 47.1 Å². The number of sulfonamides is 1. The van der Waals surface area contributed by atoms with Gasteiger partial charge in [0.1, 0.15) is 11.1 Å². The van der Waals surface area contributed by atoms with Crippen LogP contribution >= 0.6 is 78.3 Å². The van der Waals surface area contributed by atoms with Crippen molar-refractivity contribution in [2.45, 2.75) is 68.0 Å². The van der Waals surface area contributed by atoms with Crippen LogP contribution in [-0.2, 0) is 64.3 Å². The molecule has 6 heterocycles. The van der Waals surface area contributed by atoms with Crippen LogP contribution in [0.4, 0.5) is 23.3 Å². The Hall–Kier alpha value is -5.12. The van der Waals surface area contributed by atoms with Gasteiger partial charge in [-0.05, 0) is 97.5 Å². The summed E-state index contributed by atoms with van der Waals surface area (Å²) in [6.45, 7) is 1.57. The number of fused-ring (bicyclic) bond motifs is 2. The quantitative estimate of drug-likeness (QED) is 0.110. The number of nitrogens with one attached hydrogen (secondary N) is 1. The number of piperidine rings is 1. The summed E-state index contributed by atoms with van der Waals surface area (Å²) < 4.78 is 35.8. The fraction of sp³-hybridized carbons (Fsp3) is 0.300. The fourth-order valence-corrected chi connectivity index (χ4v) is 13.8. The van der Waals surface area contributed by atoms with Gasteiger partial charge in [-0.1, -0.05) is 103 Å². The number of anilines is 4. The lowest BCUT2D eigenvalue weighted by molar-refractivity contribution is -0.146. The molecule has 0 saturated carbocycles. The minimum absolute atomic E-state index is 0.0276. The molecule has 2 aromatic heterocycles. The van der Waals surface area contributed by atoms with Crippen LogP contribution in [0, 0.1) is 5.92 Å². The Morgan fingerprint density at radius 2 is 1.30 bits per heavy atom. The lowest BCUT2D eigenvalue weighted by atomic mass is 9.84. The predicted octanol–water partition coefficient (Wildman–Crippen LogP) is 9.38. The summed E-state index contributed by atoms with van der Waals surface area (Å²) in [5.74, 6) is -2.51. The van der Waals surface area contributed by atoms with Crippen LogP contribution in [0.25, 0.3) is 0 Å². The third kappa shape index (κ3) is 9.42. The molecule has 5 amide bonds. The number of carbonyl (C=O) groups is 5. The van der Waals surface area contributed by atoms with Gasteiger partial charge in [-0.25, -0.2) is 28.2 Å². The molecular weight excluding hydrogens is 1170 g/mol. The molecule has 2 fully saturated rings. The number of imide groups is 1. The Balaban J connectivity index is 0.938. The molecule has 0 spiro atoms. The Morgan fingerprint density at radius 1 is 0.740 bits per heavy atom. The van der Waals surface area contributed by atoms with Crippen molar-refractivity contribution in [3.63, 3.8) is 0 Å². The largest absolute Gasteiger partial charge is 0.340 e. The molecule has 6 aromatic rings. The van der Waals surface area contributed by atoms with Crippen LogP contribution in [0.1, 0.15) is 49.3 Å². The molecule has 23 heteroatoms. The number of benzene rings is 4. The van der Waals surface area contributed by atoms with Crippen LogP contribution < -0.4 is 15.1 Å². The number of rotatable bonds is 13. The number of hydrogen-bond donors (Lipinski definition) is 1. The van der Waals surface area contributed by atoms with Crippen LogP contribution in [0.2, 0.25) is 20.1 Å². The molecule has 4 aliphatic heterocycles. The molecule has 4 aliphatic rings. The highest BCUT2D eigenvalue weighted by molar-refractivity contribution is 9.10. The number of halogens is 6. The summed E-state index contributed by atoms with van der Waals surface area (Å²) in [5.41, 5.74) is 0.317. The van der Waals surface area contributed by atoms with Crippen LogP contribution in [0.5, 0.6) is 0 Å². The van der Waals surface area contributed by atoms with E-state index in [1.54, 1.807) is 54.5 Å². The topological polar surface area (TPSA) is 180 Å². The molecular formula is C50H43Br2Cl4N9O7S. The second-order valence-electron chi connectivity index (χ2n) is 18.7. The summed E-state index contributed by atoms with van der Waals surface area (Å²) in [4.78, 5) is 81.0. The van der Waals surface area contributed by atoms with Crippen molar-refractivity contribution in [1.29, 1.82) is 0 Å². The molecule has 1 N–H and O–H groups in total. The number of imidazole rings is 2. The fourth-order valence-electron chi connectivity index (χ4n) is 10.5. The molecule has 73 heavy (non-hydrogen) atoms. The standard InChI is InChI=1S/C50H43Br2Cl4N9O7S/c1-49(26-29-4-8-32(51)9-5-29)45(69)63(48-58-28-43(65(48)49)73(71,72)61-17-15-60(16-18-61)44(68)31-19-41(66)59-42(67)20-31)37-24-39(55)38(40(56)25-37)3-2-12-50(27-30-6-10-33(52)11-7-30)46(70)64(47-57-13-14-62(47)50)36-22-34(53)21-35(54)23-36/h4-11,13-14,21-25,28,31H,2-3,12,15-20,26-27H2,1H3,(H,59,66,67)/t49-,50?/m1/s1. The molecule has 0 radical (unpaired) electrons. The van der Waals surface area contributed by atoms with Crippen molar-refractivity contribution >= 4 is 141 Å². The summed E-state index contributed by atoms with van der Waals surface area (Å²) in [7, 11) is -4.35. The van der Waals surface area contributed by atoms with Gasteiger partial charge >= 0.3 is 0 Å². The van der Waals surface area contributed by atoms with Gasteiger partial charge in [0.2, 0.25) is 29.6 Å². The molecule has 2 atom stereocenters. The zero-order valence-corrected chi connectivity index (χ0v) is 45.7. The van der Waals surface area contributed by atoms with Crippen molar-refractivity contribution in [2.24, 2.45) is 5.92 Å². The van der Waals surface area contributed by atoms with Crippen molar-refractivity contribution in [2.75, 3.05) is 36.0 Å². The lowest BCUT2D eigenvalue weighted by Gasteiger charge is -2.36. The van der Waals surface area contributed by atoms with E-state index in [1.165, 1.54) is 24.9 Å². The first-order valence-corrected chi connectivity index (χ1v) is 27.7. The van der Waals surface area contributed by atoms with Gasteiger partial charge in [0, 0.05) is 93.3 Å². The highest BCUT2D eigenvalue weighted by Crippen LogP contribution is 2.48. The van der Waals surface area contributed by atoms with E-state index >= 15 is 4.79 Å². The van der Waals surface area contributed by atoms with E-state index in [4.69, 9.17) is 46.4 Å². The molecule has 0 bridgehead atoms. The predicted molar refractivity (Wildman–Crippen MR) is 283 cm³/mol. The molecule has 0 aliphatic carbocycles. The van der Waals surface area contributed by atoms with Crippen molar-refractivity contribution in [3.8, 4) is 0 Å². The van der Waals surface area contributed by atoms with E-state index in [9.17, 15) is 27.6 Å². The van der Waals surface area contributed by atoms with E-state index in [0.29, 0.717) is 52.9 Å². The van der Waals surface area contributed by atoms with Gasteiger partial charge in [-0.15, -0.1) is 0 Å².